The van der Waals surface area contributed by atoms with E-state index >= 15 is 0 Å². The van der Waals surface area contributed by atoms with Crippen LogP contribution in [0.15, 0.2) is 12.7 Å². The smallest absolute Gasteiger partial charge is 0.306 e. The molecule has 2 heteroatoms. The zero-order valence-electron chi connectivity index (χ0n) is 9.80. The van der Waals surface area contributed by atoms with Gasteiger partial charge < -0.3 is 4.74 Å². The summed E-state index contributed by atoms with van der Waals surface area (Å²) in [7, 11) is 0. The Labute approximate surface area is 87.3 Å². The fourth-order valence-electron chi connectivity index (χ4n) is 1.61. The number of hydrogen-bond acceptors (Lipinski definition) is 2. The molecule has 0 aromatic carbocycles. The number of carbonyl (C=O) groups is 1. The molecule has 0 aromatic rings. The Bertz CT molecular complexity index is 189. The monoisotopic (exact) mass is 198 g/mol. The van der Waals surface area contributed by atoms with Crippen molar-refractivity contribution in [3.05, 3.63) is 12.7 Å². The van der Waals surface area contributed by atoms with Gasteiger partial charge in [0.05, 0.1) is 0 Å². The SMILES string of the molecule is C=CCOC(=O)C[C@H](C)CC(C)(C)C. The summed E-state index contributed by atoms with van der Waals surface area (Å²) in [6, 6.07) is 0. The van der Waals surface area contributed by atoms with Gasteiger partial charge in [0.15, 0.2) is 0 Å². The molecular formula is C12H22O2. The van der Waals surface area contributed by atoms with Gasteiger partial charge in [0, 0.05) is 6.42 Å². The Morgan fingerprint density at radius 2 is 2.07 bits per heavy atom. The maximum atomic E-state index is 11.2. The van der Waals surface area contributed by atoms with E-state index < -0.39 is 0 Å². The summed E-state index contributed by atoms with van der Waals surface area (Å²) >= 11 is 0. The highest BCUT2D eigenvalue weighted by atomic mass is 16.5. The number of ether oxygens (including phenoxy) is 1. The van der Waals surface area contributed by atoms with Crippen LogP contribution in [0.1, 0.15) is 40.5 Å². The van der Waals surface area contributed by atoms with Crippen LogP contribution < -0.4 is 0 Å². The molecule has 0 N–H and O–H groups in total. The molecule has 0 aliphatic rings. The van der Waals surface area contributed by atoms with Crippen molar-refractivity contribution in [3.63, 3.8) is 0 Å². The van der Waals surface area contributed by atoms with E-state index in [1.807, 2.05) is 0 Å². The predicted molar refractivity (Wildman–Crippen MR) is 59.0 cm³/mol. The van der Waals surface area contributed by atoms with Crippen LogP contribution in [0, 0.1) is 11.3 Å². The average Bonchev–Trinajstić information content (AvgIpc) is 1.96. The van der Waals surface area contributed by atoms with Crippen molar-refractivity contribution in [2.75, 3.05) is 6.61 Å². The highest BCUT2D eigenvalue weighted by molar-refractivity contribution is 5.69. The summed E-state index contributed by atoms with van der Waals surface area (Å²) in [5.41, 5.74) is 0.276. The lowest BCUT2D eigenvalue weighted by molar-refractivity contribution is -0.143. The van der Waals surface area contributed by atoms with E-state index in [1.54, 1.807) is 6.08 Å². The van der Waals surface area contributed by atoms with E-state index in [0.717, 1.165) is 6.42 Å². The summed E-state index contributed by atoms with van der Waals surface area (Å²) in [5.74, 6) is 0.258. The molecule has 0 bridgehead atoms. The van der Waals surface area contributed by atoms with E-state index in [-0.39, 0.29) is 11.4 Å². The molecule has 14 heavy (non-hydrogen) atoms. The molecule has 1 atom stereocenters. The van der Waals surface area contributed by atoms with Crippen molar-refractivity contribution in [3.8, 4) is 0 Å². The highest BCUT2D eigenvalue weighted by Crippen LogP contribution is 2.25. The zero-order chi connectivity index (χ0) is 11.2. The van der Waals surface area contributed by atoms with Crippen LogP contribution in [-0.4, -0.2) is 12.6 Å². The van der Waals surface area contributed by atoms with E-state index in [4.69, 9.17) is 4.74 Å². The molecule has 0 heterocycles. The number of esters is 1. The molecule has 0 aromatic heterocycles. The Kier molecular flexibility index (Phi) is 5.51. The molecule has 0 amide bonds. The third kappa shape index (κ3) is 7.84. The number of carbonyl (C=O) groups excluding carboxylic acids is 1. The Balaban J connectivity index is 3.76. The van der Waals surface area contributed by atoms with Crippen molar-refractivity contribution in [2.45, 2.75) is 40.5 Å². The van der Waals surface area contributed by atoms with Gasteiger partial charge in [-0.1, -0.05) is 40.3 Å². The molecule has 0 saturated heterocycles. The predicted octanol–water partition coefficient (Wildman–Crippen LogP) is 3.18. The number of hydrogen-bond donors (Lipinski definition) is 0. The first kappa shape index (κ1) is 13.2. The van der Waals surface area contributed by atoms with Crippen molar-refractivity contribution >= 4 is 5.97 Å². The lowest BCUT2D eigenvalue weighted by atomic mass is 9.84. The fraction of sp³-hybridized carbons (Fsp3) is 0.750. The minimum absolute atomic E-state index is 0.123. The topological polar surface area (TPSA) is 26.3 Å². The van der Waals surface area contributed by atoms with E-state index in [9.17, 15) is 4.79 Å². The second-order valence-corrected chi connectivity index (χ2v) is 5.05. The fourth-order valence-corrected chi connectivity index (χ4v) is 1.61. The third-order valence-corrected chi connectivity index (χ3v) is 1.84. The van der Waals surface area contributed by atoms with Gasteiger partial charge in [-0.05, 0) is 17.8 Å². The second kappa shape index (κ2) is 5.84. The lowest BCUT2D eigenvalue weighted by Crippen LogP contribution is -2.15. The second-order valence-electron chi connectivity index (χ2n) is 5.05. The Morgan fingerprint density at radius 3 is 2.50 bits per heavy atom. The molecule has 82 valence electrons. The van der Waals surface area contributed by atoms with Gasteiger partial charge in [0.25, 0.3) is 0 Å². The molecular weight excluding hydrogens is 176 g/mol. The maximum absolute atomic E-state index is 11.2. The number of rotatable bonds is 5. The first-order valence-electron chi connectivity index (χ1n) is 5.11. The van der Waals surface area contributed by atoms with Gasteiger partial charge in [-0.3, -0.25) is 4.79 Å². The van der Waals surface area contributed by atoms with E-state index in [1.165, 1.54) is 0 Å². The van der Waals surface area contributed by atoms with Crippen molar-refractivity contribution in [1.82, 2.24) is 0 Å². The van der Waals surface area contributed by atoms with Gasteiger partial charge in [-0.2, -0.15) is 0 Å². The Morgan fingerprint density at radius 1 is 1.50 bits per heavy atom. The first-order chi connectivity index (χ1) is 6.35. The Hall–Kier alpha value is -0.790. The minimum atomic E-state index is -0.123. The van der Waals surface area contributed by atoms with Gasteiger partial charge in [-0.25, -0.2) is 0 Å². The maximum Gasteiger partial charge on any atom is 0.306 e. The molecule has 0 radical (unpaired) electrons. The summed E-state index contributed by atoms with van der Waals surface area (Å²) in [4.78, 5) is 11.2. The van der Waals surface area contributed by atoms with Crippen LogP contribution in [0.2, 0.25) is 0 Å². The third-order valence-electron chi connectivity index (χ3n) is 1.84. The standard InChI is InChI=1S/C12H22O2/c1-6-7-14-11(13)8-10(2)9-12(3,4)5/h6,10H,1,7-9H2,2-5H3/t10-/m0/s1. The van der Waals surface area contributed by atoms with E-state index in [2.05, 4.69) is 34.3 Å². The lowest BCUT2D eigenvalue weighted by Gasteiger charge is -2.22. The summed E-state index contributed by atoms with van der Waals surface area (Å²) < 4.78 is 4.92. The van der Waals surface area contributed by atoms with Crippen LogP contribution >= 0.6 is 0 Å². The van der Waals surface area contributed by atoms with Gasteiger partial charge in [-0.15, -0.1) is 0 Å². The average molecular weight is 198 g/mol. The van der Waals surface area contributed by atoms with Gasteiger partial charge in [0.1, 0.15) is 6.61 Å². The molecule has 0 rings (SSSR count). The highest BCUT2D eigenvalue weighted by Gasteiger charge is 2.17. The first-order valence-corrected chi connectivity index (χ1v) is 5.11. The van der Waals surface area contributed by atoms with Gasteiger partial charge in [0.2, 0.25) is 0 Å². The molecule has 0 saturated carbocycles. The molecule has 0 fully saturated rings. The van der Waals surface area contributed by atoms with Crippen LogP contribution in [-0.2, 0) is 9.53 Å². The summed E-state index contributed by atoms with van der Waals surface area (Å²) in [6.45, 7) is 12.4. The quantitative estimate of drug-likeness (QED) is 0.501. The van der Waals surface area contributed by atoms with Crippen LogP contribution in [0.5, 0.6) is 0 Å². The minimum Gasteiger partial charge on any atom is -0.461 e. The summed E-state index contributed by atoms with van der Waals surface area (Å²) in [6.07, 6.45) is 3.13. The van der Waals surface area contributed by atoms with E-state index in [0.29, 0.717) is 18.9 Å². The molecule has 0 aliphatic heterocycles. The van der Waals surface area contributed by atoms with Crippen LogP contribution in [0.3, 0.4) is 0 Å². The van der Waals surface area contributed by atoms with Gasteiger partial charge >= 0.3 is 5.97 Å². The molecule has 2 nitrogen and oxygen atoms in total. The van der Waals surface area contributed by atoms with Crippen LogP contribution in [0.25, 0.3) is 0 Å². The van der Waals surface area contributed by atoms with Crippen molar-refractivity contribution < 1.29 is 9.53 Å². The van der Waals surface area contributed by atoms with Crippen molar-refractivity contribution in [1.29, 1.82) is 0 Å². The molecule has 0 spiro atoms. The summed E-state index contributed by atoms with van der Waals surface area (Å²) in [5, 5.41) is 0. The zero-order valence-corrected chi connectivity index (χ0v) is 9.80. The molecule has 0 aliphatic carbocycles. The van der Waals surface area contributed by atoms with Crippen LogP contribution in [0.4, 0.5) is 0 Å². The molecule has 0 unspecified atom stereocenters. The van der Waals surface area contributed by atoms with Crippen molar-refractivity contribution in [2.24, 2.45) is 11.3 Å². The normalized spacial score (nSPS) is 13.4. The largest absolute Gasteiger partial charge is 0.461 e.